The lowest BCUT2D eigenvalue weighted by Gasteiger charge is -2.25. The molecule has 0 unspecified atom stereocenters. The fraction of sp³-hybridized carbons (Fsp3) is 0.438. The van der Waals surface area contributed by atoms with Crippen LogP contribution in [0.4, 0.5) is 5.69 Å². The molecule has 2 rings (SSSR count). The van der Waals surface area contributed by atoms with Crippen molar-refractivity contribution in [1.82, 2.24) is 14.8 Å². The van der Waals surface area contributed by atoms with E-state index in [1.54, 1.807) is 16.9 Å². The number of nitrogens with one attached hydrogen (secondary N) is 1. The van der Waals surface area contributed by atoms with E-state index < -0.39 is 6.04 Å². The van der Waals surface area contributed by atoms with Gasteiger partial charge in [-0.1, -0.05) is 20.8 Å². The zero-order valence-corrected chi connectivity index (χ0v) is 13.7. The van der Waals surface area contributed by atoms with Gasteiger partial charge < -0.3 is 11.1 Å². The van der Waals surface area contributed by atoms with Crippen LogP contribution in [0.25, 0.3) is 5.82 Å². The van der Waals surface area contributed by atoms with E-state index in [1.807, 2.05) is 46.8 Å². The van der Waals surface area contributed by atoms with E-state index in [0.717, 1.165) is 11.4 Å². The average Bonchev–Trinajstić information content (AvgIpc) is 2.76. The Balaban J connectivity index is 2.13. The number of nitrogens with two attached hydrogens (primary N) is 1. The molecular weight excluding hydrogens is 278 g/mol. The van der Waals surface area contributed by atoms with E-state index in [-0.39, 0.29) is 11.3 Å². The highest BCUT2D eigenvalue weighted by Crippen LogP contribution is 2.19. The summed E-state index contributed by atoms with van der Waals surface area (Å²) < 4.78 is 1.77. The zero-order valence-electron chi connectivity index (χ0n) is 13.7. The Bertz CT molecular complexity index is 667. The summed E-state index contributed by atoms with van der Waals surface area (Å²) in [6.45, 7) is 9.70. The Morgan fingerprint density at radius 3 is 2.45 bits per heavy atom. The maximum Gasteiger partial charge on any atom is 0.241 e. The minimum Gasteiger partial charge on any atom is -0.323 e. The van der Waals surface area contributed by atoms with Crippen molar-refractivity contribution in [1.29, 1.82) is 0 Å². The monoisotopic (exact) mass is 301 g/mol. The van der Waals surface area contributed by atoms with Crippen molar-refractivity contribution in [2.75, 3.05) is 5.32 Å². The predicted molar refractivity (Wildman–Crippen MR) is 86.9 cm³/mol. The molecule has 0 radical (unpaired) electrons. The second-order valence-electron chi connectivity index (χ2n) is 6.58. The van der Waals surface area contributed by atoms with Crippen LogP contribution in [0.3, 0.4) is 0 Å². The van der Waals surface area contributed by atoms with Gasteiger partial charge in [-0.25, -0.2) is 9.67 Å². The van der Waals surface area contributed by atoms with Crippen molar-refractivity contribution in [2.45, 2.75) is 40.7 Å². The van der Waals surface area contributed by atoms with Gasteiger partial charge in [0.05, 0.1) is 23.6 Å². The first-order valence-corrected chi connectivity index (χ1v) is 7.24. The Morgan fingerprint density at radius 2 is 2.00 bits per heavy atom. The highest BCUT2D eigenvalue weighted by atomic mass is 16.2. The van der Waals surface area contributed by atoms with Crippen LogP contribution < -0.4 is 11.1 Å². The quantitative estimate of drug-likeness (QED) is 0.910. The SMILES string of the molecule is Cc1cc(C)n(-c2ccc(NC(=O)[C@@H](N)C(C)(C)C)cn2)n1. The number of amides is 1. The molecule has 2 heterocycles. The third kappa shape index (κ3) is 3.51. The number of aryl methyl sites for hydroxylation is 2. The van der Waals surface area contributed by atoms with Crippen molar-refractivity contribution in [2.24, 2.45) is 11.1 Å². The van der Waals surface area contributed by atoms with E-state index in [1.165, 1.54) is 0 Å². The molecule has 2 aromatic rings. The normalized spacial score (nSPS) is 13.0. The van der Waals surface area contributed by atoms with Gasteiger partial charge in [0.2, 0.25) is 5.91 Å². The van der Waals surface area contributed by atoms with Gasteiger partial charge in [0.15, 0.2) is 5.82 Å². The smallest absolute Gasteiger partial charge is 0.241 e. The first-order valence-electron chi connectivity index (χ1n) is 7.24. The predicted octanol–water partition coefficient (Wildman–Crippen LogP) is 2.20. The van der Waals surface area contributed by atoms with Gasteiger partial charge in [-0.05, 0) is 37.5 Å². The summed E-state index contributed by atoms with van der Waals surface area (Å²) in [4.78, 5) is 16.4. The number of aromatic nitrogens is 3. The molecule has 0 saturated carbocycles. The van der Waals surface area contributed by atoms with Crippen LogP contribution in [0.15, 0.2) is 24.4 Å². The van der Waals surface area contributed by atoms with Crippen molar-refractivity contribution in [3.63, 3.8) is 0 Å². The van der Waals surface area contributed by atoms with Crippen molar-refractivity contribution < 1.29 is 4.79 Å². The van der Waals surface area contributed by atoms with Gasteiger partial charge in [0.1, 0.15) is 0 Å². The van der Waals surface area contributed by atoms with Crippen LogP contribution in [-0.2, 0) is 4.79 Å². The Labute approximate surface area is 130 Å². The summed E-state index contributed by atoms with van der Waals surface area (Å²) >= 11 is 0. The first-order chi connectivity index (χ1) is 10.2. The van der Waals surface area contributed by atoms with Crippen LogP contribution in [0.2, 0.25) is 0 Å². The van der Waals surface area contributed by atoms with Gasteiger partial charge in [0, 0.05) is 5.69 Å². The molecule has 1 atom stereocenters. The summed E-state index contributed by atoms with van der Waals surface area (Å²) in [5.41, 5.74) is 8.22. The molecule has 0 aliphatic heterocycles. The van der Waals surface area contributed by atoms with Gasteiger partial charge in [0.25, 0.3) is 0 Å². The molecule has 22 heavy (non-hydrogen) atoms. The van der Waals surface area contributed by atoms with Crippen LogP contribution in [0.5, 0.6) is 0 Å². The third-order valence-corrected chi connectivity index (χ3v) is 3.46. The molecule has 1 amide bonds. The summed E-state index contributed by atoms with van der Waals surface area (Å²) in [7, 11) is 0. The molecule has 0 spiro atoms. The van der Waals surface area contributed by atoms with E-state index in [4.69, 9.17) is 5.73 Å². The number of nitrogens with zero attached hydrogens (tertiary/aromatic N) is 3. The number of pyridine rings is 1. The molecule has 0 bridgehead atoms. The molecule has 3 N–H and O–H groups in total. The summed E-state index contributed by atoms with van der Waals surface area (Å²) in [5, 5.41) is 7.17. The topological polar surface area (TPSA) is 85.8 Å². The second kappa shape index (κ2) is 5.88. The average molecular weight is 301 g/mol. The number of anilines is 1. The van der Waals surface area contributed by atoms with Crippen molar-refractivity contribution >= 4 is 11.6 Å². The van der Waals surface area contributed by atoms with Crippen molar-refractivity contribution in [3.8, 4) is 5.82 Å². The Kier molecular flexibility index (Phi) is 4.32. The molecule has 0 saturated heterocycles. The van der Waals surface area contributed by atoms with E-state index in [0.29, 0.717) is 11.5 Å². The largest absolute Gasteiger partial charge is 0.323 e. The molecule has 0 aliphatic carbocycles. The summed E-state index contributed by atoms with van der Waals surface area (Å²) in [6.07, 6.45) is 1.61. The molecule has 0 aliphatic rings. The van der Waals surface area contributed by atoms with Crippen LogP contribution in [0, 0.1) is 19.3 Å². The van der Waals surface area contributed by atoms with E-state index in [9.17, 15) is 4.79 Å². The zero-order chi connectivity index (χ0) is 16.5. The maximum absolute atomic E-state index is 12.1. The number of hydrogen-bond acceptors (Lipinski definition) is 4. The standard InChI is InChI=1S/C16H23N5O/c1-10-8-11(2)21(20-10)13-7-6-12(9-18-13)19-15(22)14(17)16(3,4)5/h6-9,14H,17H2,1-5H3,(H,19,22)/t14-/m1/s1. The molecular formula is C16H23N5O. The molecule has 0 aromatic carbocycles. The van der Waals surface area contributed by atoms with E-state index >= 15 is 0 Å². The lowest BCUT2D eigenvalue weighted by atomic mass is 9.87. The summed E-state index contributed by atoms with van der Waals surface area (Å²) in [5.74, 6) is 0.497. The van der Waals surface area contributed by atoms with Gasteiger partial charge in [-0.3, -0.25) is 4.79 Å². The molecule has 6 heteroatoms. The number of carbonyl (C=O) groups excluding carboxylic acids is 1. The summed E-state index contributed by atoms with van der Waals surface area (Å²) in [6, 6.07) is 5.02. The molecule has 2 aromatic heterocycles. The molecule has 0 fully saturated rings. The fourth-order valence-corrected chi connectivity index (χ4v) is 2.06. The number of rotatable bonds is 3. The Morgan fingerprint density at radius 1 is 1.32 bits per heavy atom. The third-order valence-electron chi connectivity index (χ3n) is 3.46. The minimum atomic E-state index is -0.580. The second-order valence-corrected chi connectivity index (χ2v) is 6.58. The van der Waals surface area contributed by atoms with Gasteiger partial charge in [-0.15, -0.1) is 0 Å². The highest BCUT2D eigenvalue weighted by molar-refractivity contribution is 5.95. The van der Waals surface area contributed by atoms with Crippen LogP contribution in [-0.4, -0.2) is 26.7 Å². The lowest BCUT2D eigenvalue weighted by molar-refractivity contribution is -0.119. The number of hydrogen-bond donors (Lipinski definition) is 2. The Hall–Kier alpha value is -2.21. The highest BCUT2D eigenvalue weighted by Gasteiger charge is 2.27. The van der Waals surface area contributed by atoms with Crippen LogP contribution >= 0.6 is 0 Å². The number of carbonyl (C=O) groups is 1. The molecule has 118 valence electrons. The molecule has 6 nitrogen and oxygen atoms in total. The van der Waals surface area contributed by atoms with E-state index in [2.05, 4.69) is 15.4 Å². The fourth-order valence-electron chi connectivity index (χ4n) is 2.06. The first kappa shape index (κ1) is 16.2. The lowest BCUT2D eigenvalue weighted by Crippen LogP contribution is -2.45. The van der Waals surface area contributed by atoms with Gasteiger partial charge >= 0.3 is 0 Å². The minimum absolute atomic E-state index is 0.215. The maximum atomic E-state index is 12.1. The van der Waals surface area contributed by atoms with Crippen LogP contribution in [0.1, 0.15) is 32.2 Å². The van der Waals surface area contributed by atoms with Gasteiger partial charge in [-0.2, -0.15) is 5.10 Å². The van der Waals surface area contributed by atoms with Crippen molar-refractivity contribution in [3.05, 3.63) is 35.8 Å².